The molecule has 6 heteroatoms. The topological polar surface area (TPSA) is 66.5 Å². The van der Waals surface area contributed by atoms with Gasteiger partial charge in [-0.1, -0.05) is 12.5 Å². The predicted molar refractivity (Wildman–Crippen MR) is 88.8 cm³/mol. The van der Waals surface area contributed by atoms with E-state index in [4.69, 9.17) is 0 Å². The first-order valence-corrected chi connectivity index (χ1v) is 9.81. The Morgan fingerprint density at radius 1 is 1.22 bits per heavy atom. The maximum atomic E-state index is 12.9. The molecule has 5 nitrogen and oxygen atoms in total. The average molecular weight is 336 g/mol. The van der Waals surface area contributed by atoms with Crippen molar-refractivity contribution in [1.82, 2.24) is 9.62 Å². The van der Waals surface area contributed by atoms with Crippen LogP contribution >= 0.6 is 0 Å². The minimum atomic E-state index is -3.51. The molecule has 1 N–H and O–H groups in total. The predicted octanol–water partition coefficient (Wildman–Crippen LogP) is 2.31. The number of amides is 1. The fraction of sp³-hybridized carbons (Fsp3) is 0.588. The zero-order valence-electron chi connectivity index (χ0n) is 13.5. The lowest BCUT2D eigenvalue weighted by Crippen LogP contribution is -2.36. The van der Waals surface area contributed by atoms with Crippen molar-refractivity contribution in [3.8, 4) is 0 Å². The molecule has 1 saturated heterocycles. The van der Waals surface area contributed by atoms with E-state index < -0.39 is 10.0 Å². The van der Waals surface area contributed by atoms with E-state index in [2.05, 4.69) is 5.32 Å². The molecule has 0 spiro atoms. The Hall–Kier alpha value is -1.40. The lowest BCUT2D eigenvalue weighted by atomic mass is 10.1. The first kappa shape index (κ1) is 16.5. The van der Waals surface area contributed by atoms with Crippen LogP contribution in [0.4, 0.5) is 0 Å². The van der Waals surface area contributed by atoms with Crippen LogP contribution in [0.1, 0.15) is 48.0 Å². The van der Waals surface area contributed by atoms with Crippen LogP contribution in [0.15, 0.2) is 23.1 Å². The summed E-state index contributed by atoms with van der Waals surface area (Å²) >= 11 is 0. The maximum Gasteiger partial charge on any atom is 0.251 e. The molecule has 2 fully saturated rings. The molecular formula is C17H24N2O3S. The van der Waals surface area contributed by atoms with E-state index in [0.717, 1.165) is 19.3 Å². The van der Waals surface area contributed by atoms with Crippen molar-refractivity contribution in [2.75, 3.05) is 19.6 Å². The first-order chi connectivity index (χ1) is 11.0. The van der Waals surface area contributed by atoms with Gasteiger partial charge >= 0.3 is 0 Å². The zero-order valence-corrected chi connectivity index (χ0v) is 14.4. The second-order valence-corrected chi connectivity index (χ2v) is 8.50. The number of benzene rings is 1. The number of hydrogen-bond donors (Lipinski definition) is 1. The van der Waals surface area contributed by atoms with Gasteiger partial charge in [0.2, 0.25) is 10.0 Å². The third-order valence-corrected chi connectivity index (χ3v) is 6.67. The van der Waals surface area contributed by atoms with Crippen LogP contribution in [0, 0.1) is 12.8 Å². The van der Waals surface area contributed by atoms with Gasteiger partial charge in [0.25, 0.3) is 5.91 Å². The van der Waals surface area contributed by atoms with Crippen LogP contribution in [0.2, 0.25) is 0 Å². The molecule has 0 aromatic heterocycles. The van der Waals surface area contributed by atoms with Gasteiger partial charge < -0.3 is 5.32 Å². The summed E-state index contributed by atoms with van der Waals surface area (Å²) in [7, 11) is -3.51. The van der Waals surface area contributed by atoms with E-state index in [9.17, 15) is 13.2 Å². The minimum absolute atomic E-state index is 0.188. The van der Waals surface area contributed by atoms with Crippen molar-refractivity contribution in [2.24, 2.45) is 5.92 Å². The van der Waals surface area contributed by atoms with Crippen molar-refractivity contribution in [1.29, 1.82) is 0 Å². The molecule has 1 aliphatic heterocycles. The number of nitrogens with one attached hydrogen (secondary N) is 1. The Morgan fingerprint density at radius 2 is 1.91 bits per heavy atom. The van der Waals surface area contributed by atoms with Crippen molar-refractivity contribution in [3.63, 3.8) is 0 Å². The Labute approximate surface area is 138 Å². The van der Waals surface area contributed by atoms with Gasteiger partial charge in [-0.3, -0.25) is 4.79 Å². The van der Waals surface area contributed by atoms with Crippen molar-refractivity contribution in [2.45, 2.75) is 43.9 Å². The maximum absolute atomic E-state index is 12.9. The number of hydrogen-bond acceptors (Lipinski definition) is 3. The molecule has 1 aliphatic carbocycles. The van der Waals surface area contributed by atoms with Crippen LogP contribution < -0.4 is 5.32 Å². The second kappa shape index (κ2) is 6.61. The number of nitrogens with zero attached hydrogens (tertiary/aromatic N) is 1. The smallest absolute Gasteiger partial charge is 0.251 e. The summed E-state index contributed by atoms with van der Waals surface area (Å²) in [6.07, 6.45) is 5.22. The molecule has 1 aromatic carbocycles. The SMILES string of the molecule is Cc1ccc(C(=O)NCC2CC2)cc1S(=O)(=O)N1CCCCC1. The molecule has 1 saturated carbocycles. The van der Waals surface area contributed by atoms with E-state index in [-0.39, 0.29) is 10.8 Å². The lowest BCUT2D eigenvalue weighted by Gasteiger charge is -2.26. The van der Waals surface area contributed by atoms with Crippen LogP contribution in [0.3, 0.4) is 0 Å². The van der Waals surface area contributed by atoms with Crippen LogP contribution in [-0.2, 0) is 10.0 Å². The third kappa shape index (κ3) is 3.75. The van der Waals surface area contributed by atoms with Gasteiger partial charge in [0.05, 0.1) is 4.90 Å². The highest BCUT2D eigenvalue weighted by molar-refractivity contribution is 7.89. The van der Waals surface area contributed by atoms with Gasteiger partial charge in [0.1, 0.15) is 0 Å². The zero-order chi connectivity index (χ0) is 16.4. The highest BCUT2D eigenvalue weighted by Gasteiger charge is 2.28. The second-order valence-electron chi connectivity index (χ2n) is 6.60. The largest absolute Gasteiger partial charge is 0.352 e. The summed E-state index contributed by atoms with van der Waals surface area (Å²) in [6.45, 7) is 3.60. The fourth-order valence-electron chi connectivity index (χ4n) is 2.92. The molecule has 126 valence electrons. The summed E-state index contributed by atoms with van der Waals surface area (Å²) in [4.78, 5) is 12.5. The average Bonchev–Trinajstić information content (AvgIpc) is 3.38. The van der Waals surface area contributed by atoms with E-state index in [0.29, 0.717) is 36.7 Å². The van der Waals surface area contributed by atoms with Crippen LogP contribution in [0.25, 0.3) is 0 Å². The highest BCUT2D eigenvalue weighted by atomic mass is 32.2. The number of rotatable bonds is 5. The third-order valence-electron chi connectivity index (χ3n) is 4.63. The molecule has 0 atom stereocenters. The number of sulfonamides is 1. The monoisotopic (exact) mass is 336 g/mol. The van der Waals surface area contributed by atoms with Gasteiger partial charge in [-0.15, -0.1) is 0 Å². The van der Waals surface area contributed by atoms with Crippen molar-refractivity contribution < 1.29 is 13.2 Å². The molecule has 0 unspecified atom stereocenters. The molecular weight excluding hydrogens is 312 g/mol. The Balaban J connectivity index is 1.82. The van der Waals surface area contributed by atoms with E-state index in [1.54, 1.807) is 23.4 Å². The molecule has 2 aliphatic rings. The Bertz CT molecular complexity index is 690. The van der Waals surface area contributed by atoms with Crippen molar-refractivity contribution >= 4 is 15.9 Å². The summed E-state index contributed by atoms with van der Waals surface area (Å²) in [5, 5.41) is 2.89. The lowest BCUT2D eigenvalue weighted by molar-refractivity contribution is 0.0951. The summed E-state index contributed by atoms with van der Waals surface area (Å²) in [5.74, 6) is 0.410. The fourth-order valence-corrected chi connectivity index (χ4v) is 4.69. The standard InChI is InChI=1S/C17H24N2O3S/c1-13-5-8-15(17(20)18-12-14-6-7-14)11-16(13)23(21,22)19-9-3-2-4-10-19/h5,8,11,14H,2-4,6-7,9-10,12H2,1H3,(H,18,20). The van der Waals surface area contributed by atoms with E-state index >= 15 is 0 Å². The molecule has 0 radical (unpaired) electrons. The summed E-state index contributed by atoms with van der Waals surface area (Å²) in [5.41, 5.74) is 1.11. The minimum Gasteiger partial charge on any atom is -0.352 e. The Morgan fingerprint density at radius 3 is 2.57 bits per heavy atom. The summed E-state index contributed by atoms with van der Waals surface area (Å²) < 4.78 is 27.3. The van der Waals surface area contributed by atoms with Crippen LogP contribution in [-0.4, -0.2) is 38.3 Å². The highest BCUT2D eigenvalue weighted by Crippen LogP contribution is 2.28. The van der Waals surface area contributed by atoms with Gasteiger partial charge in [0.15, 0.2) is 0 Å². The van der Waals surface area contributed by atoms with Gasteiger partial charge in [-0.05, 0) is 56.2 Å². The molecule has 0 bridgehead atoms. The van der Waals surface area contributed by atoms with Gasteiger partial charge in [-0.2, -0.15) is 4.31 Å². The van der Waals surface area contributed by atoms with Gasteiger partial charge in [-0.25, -0.2) is 8.42 Å². The Kier molecular flexibility index (Phi) is 4.73. The molecule has 23 heavy (non-hydrogen) atoms. The van der Waals surface area contributed by atoms with Crippen LogP contribution in [0.5, 0.6) is 0 Å². The summed E-state index contributed by atoms with van der Waals surface area (Å²) in [6, 6.07) is 4.96. The normalized spacial score (nSPS) is 19.5. The first-order valence-electron chi connectivity index (χ1n) is 8.37. The van der Waals surface area contributed by atoms with Gasteiger partial charge in [0, 0.05) is 25.2 Å². The van der Waals surface area contributed by atoms with Crippen molar-refractivity contribution in [3.05, 3.63) is 29.3 Å². The van der Waals surface area contributed by atoms with E-state index in [1.807, 2.05) is 0 Å². The molecule has 1 aromatic rings. The quantitative estimate of drug-likeness (QED) is 0.897. The molecule has 1 heterocycles. The number of carbonyl (C=O) groups is 1. The van der Waals surface area contributed by atoms with E-state index in [1.165, 1.54) is 18.9 Å². The number of carbonyl (C=O) groups excluding carboxylic acids is 1. The molecule has 1 amide bonds. The number of piperidine rings is 1. The number of aryl methyl sites for hydroxylation is 1. The molecule has 3 rings (SSSR count).